The Morgan fingerprint density at radius 3 is 2.58 bits per heavy atom. The first-order chi connectivity index (χ1) is 11.4. The molecule has 0 aliphatic carbocycles. The Morgan fingerprint density at radius 1 is 1.12 bits per heavy atom. The summed E-state index contributed by atoms with van der Waals surface area (Å²) in [7, 11) is 0. The summed E-state index contributed by atoms with van der Waals surface area (Å²) in [5, 5.41) is 13.1. The first kappa shape index (κ1) is 16.1. The van der Waals surface area contributed by atoms with Crippen LogP contribution in [0, 0.1) is 6.92 Å². The molecule has 3 aromatic rings. The number of aromatic amines is 1. The second kappa shape index (κ2) is 6.41. The third-order valence-corrected chi connectivity index (χ3v) is 3.46. The maximum absolute atomic E-state index is 9.95. The molecular weight excluding hydrogens is 302 g/mol. The predicted octanol–water partition coefficient (Wildman–Crippen LogP) is 3.23. The lowest BCUT2D eigenvalue weighted by Gasteiger charge is -2.14. The van der Waals surface area contributed by atoms with Gasteiger partial charge < -0.3 is 15.4 Å². The molecule has 24 heavy (non-hydrogen) atoms. The molecule has 0 saturated heterocycles. The van der Waals surface area contributed by atoms with Gasteiger partial charge in [-0.15, -0.1) is 0 Å². The van der Waals surface area contributed by atoms with E-state index in [9.17, 15) is 5.11 Å². The predicted molar refractivity (Wildman–Crippen MR) is 94.1 cm³/mol. The van der Waals surface area contributed by atoms with Crippen molar-refractivity contribution in [3.8, 4) is 11.4 Å². The highest BCUT2D eigenvalue weighted by atomic mass is 16.3. The summed E-state index contributed by atoms with van der Waals surface area (Å²) < 4.78 is 0. The van der Waals surface area contributed by atoms with Crippen LogP contribution in [0.5, 0.6) is 0 Å². The number of nitrogens with one attached hydrogen (secondary N) is 2. The number of hydrogen-bond acceptors (Lipinski definition) is 5. The molecular formula is C18H21N5O. The Labute approximate surface area is 141 Å². The fourth-order valence-electron chi connectivity index (χ4n) is 2.47. The molecule has 6 nitrogen and oxygen atoms in total. The summed E-state index contributed by atoms with van der Waals surface area (Å²) in [6, 6.07) is 11.6. The van der Waals surface area contributed by atoms with Crippen LogP contribution < -0.4 is 5.32 Å². The second-order valence-corrected chi connectivity index (χ2v) is 6.40. The van der Waals surface area contributed by atoms with Crippen molar-refractivity contribution in [3.63, 3.8) is 0 Å². The molecule has 0 atom stereocenters. The lowest BCUT2D eigenvalue weighted by Crippen LogP contribution is -2.22. The molecule has 6 heteroatoms. The zero-order chi connectivity index (χ0) is 17.2. The van der Waals surface area contributed by atoms with E-state index < -0.39 is 5.60 Å². The van der Waals surface area contributed by atoms with E-state index in [-0.39, 0.29) is 0 Å². The number of aryl methyl sites for hydroxylation is 1. The number of aromatic nitrogens is 4. The standard InChI is InChI=1S/C18H21N5O/c1-12-16(23-15(20-12)11-18(2,3)24)14-9-10-19-17(22-14)21-13-7-5-4-6-8-13/h4-10,24H,11H2,1-3H3,(H,20,23)(H,19,21,22). The molecule has 2 heterocycles. The molecule has 0 aliphatic rings. The normalized spacial score (nSPS) is 11.5. The number of rotatable bonds is 5. The SMILES string of the molecule is Cc1[nH]c(CC(C)(C)O)nc1-c1ccnc(Nc2ccccc2)n1. The number of aliphatic hydroxyl groups is 1. The van der Waals surface area contributed by atoms with Gasteiger partial charge in [-0.1, -0.05) is 18.2 Å². The molecule has 0 saturated carbocycles. The highest BCUT2D eigenvalue weighted by molar-refractivity contribution is 5.60. The second-order valence-electron chi connectivity index (χ2n) is 6.40. The van der Waals surface area contributed by atoms with Crippen molar-refractivity contribution in [1.29, 1.82) is 0 Å². The molecule has 3 N–H and O–H groups in total. The molecule has 0 unspecified atom stereocenters. The Hall–Kier alpha value is -2.73. The minimum atomic E-state index is -0.812. The van der Waals surface area contributed by atoms with E-state index in [1.165, 1.54) is 0 Å². The van der Waals surface area contributed by atoms with Crippen molar-refractivity contribution in [2.24, 2.45) is 0 Å². The summed E-state index contributed by atoms with van der Waals surface area (Å²) in [6.07, 6.45) is 2.16. The van der Waals surface area contributed by atoms with E-state index in [1.807, 2.05) is 43.3 Å². The number of para-hydroxylation sites is 1. The van der Waals surface area contributed by atoms with Crippen LogP contribution in [-0.2, 0) is 6.42 Å². The third-order valence-electron chi connectivity index (χ3n) is 3.46. The van der Waals surface area contributed by atoms with Gasteiger partial charge in [0, 0.05) is 24.0 Å². The number of anilines is 2. The van der Waals surface area contributed by atoms with Crippen LogP contribution in [0.4, 0.5) is 11.6 Å². The lowest BCUT2D eigenvalue weighted by atomic mass is 10.1. The summed E-state index contributed by atoms with van der Waals surface area (Å²) in [4.78, 5) is 16.6. The Kier molecular flexibility index (Phi) is 4.31. The van der Waals surface area contributed by atoms with Gasteiger partial charge in [-0.2, -0.15) is 0 Å². The largest absolute Gasteiger partial charge is 0.390 e. The minimum absolute atomic E-state index is 0.452. The van der Waals surface area contributed by atoms with E-state index in [2.05, 4.69) is 25.3 Å². The van der Waals surface area contributed by atoms with E-state index in [0.717, 1.165) is 28.6 Å². The van der Waals surface area contributed by atoms with Crippen LogP contribution in [0.15, 0.2) is 42.6 Å². The van der Waals surface area contributed by atoms with Crippen molar-refractivity contribution in [2.45, 2.75) is 32.8 Å². The van der Waals surface area contributed by atoms with Crippen molar-refractivity contribution in [1.82, 2.24) is 19.9 Å². The van der Waals surface area contributed by atoms with E-state index in [1.54, 1.807) is 20.0 Å². The van der Waals surface area contributed by atoms with E-state index in [4.69, 9.17) is 0 Å². The number of nitrogens with zero attached hydrogens (tertiary/aromatic N) is 3. The quantitative estimate of drug-likeness (QED) is 0.671. The van der Waals surface area contributed by atoms with E-state index >= 15 is 0 Å². The number of hydrogen-bond donors (Lipinski definition) is 3. The first-order valence-electron chi connectivity index (χ1n) is 7.84. The molecule has 0 amide bonds. The highest BCUT2D eigenvalue weighted by Gasteiger charge is 2.18. The zero-order valence-electron chi connectivity index (χ0n) is 14.0. The van der Waals surface area contributed by atoms with Crippen molar-refractivity contribution < 1.29 is 5.11 Å². The molecule has 0 radical (unpaired) electrons. The Bertz CT molecular complexity index is 821. The third kappa shape index (κ3) is 3.97. The van der Waals surface area contributed by atoms with E-state index in [0.29, 0.717) is 12.4 Å². The minimum Gasteiger partial charge on any atom is -0.390 e. The highest BCUT2D eigenvalue weighted by Crippen LogP contribution is 2.22. The molecule has 2 aromatic heterocycles. The van der Waals surface area contributed by atoms with Gasteiger partial charge in [-0.05, 0) is 39.0 Å². The Balaban J connectivity index is 1.86. The lowest BCUT2D eigenvalue weighted by molar-refractivity contribution is 0.0790. The first-order valence-corrected chi connectivity index (χ1v) is 7.84. The summed E-state index contributed by atoms with van der Waals surface area (Å²) in [6.45, 7) is 5.47. The van der Waals surface area contributed by atoms with Gasteiger partial charge in [-0.3, -0.25) is 0 Å². The number of H-pyrrole nitrogens is 1. The average molecular weight is 323 g/mol. The van der Waals surface area contributed by atoms with Gasteiger partial charge in [0.1, 0.15) is 11.5 Å². The summed E-state index contributed by atoms with van der Waals surface area (Å²) in [5.41, 5.74) is 2.54. The van der Waals surface area contributed by atoms with Gasteiger partial charge in [-0.25, -0.2) is 15.0 Å². The van der Waals surface area contributed by atoms with Crippen LogP contribution >= 0.6 is 0 Å². The number of imidazole rings is 1. The Morgan fingerprint density at radius 2 is 1.88 bits per heavy atom. The van der Waals surface area contributed by atoms with Crippen molar-refractivity contribution in [2.75, 3.05) is 5.32 Å². The van der Waals surface area contributed by atoms with Crippen LogP contribution in [0.1, 0.15) is 25.4 Å². The topological polar surface area (TPSA) is 86.7 Å². The average Bonchev–Trinajstić information content (AvgIpc) is 2.87. The maximum atomic E-state index is 9.95. The summed E-state index contributed by atoms with van der Waals surface area (Å²) >= 11 is 0. The fraction of sp³-hybridized carbons (Fsp3) is 0.278. The van der Waals surface area contributed by atoms with Gasteiger partial charge in [0.25, 0.3) is 0 Å². The monoisotopic (exact) mass is 323 g/mol. The smallest absolute Gasteiger partial charge is 0.227 e. The summed E-state index contributed by atoms with van der Waals surface area (Å²) in [5.74, 6) is 1.26. The molecule has 0 fully saturated rings. The maximum Gasteiger partial charge on any atom is 0.227 e. The van der Waals surface area contributed by atoms with Crippen molar-refractivity contribution >= 4 is 11.6 Å². The fourth-order valence-corrected chi connectivity index (χ4v) is 2.47. The van der Waals surface area contributed by atoms with Crippen LogP contribution in [-0.4, -0.2) is 30.6 Å². The molecule has 0 bridgehead atoms. The molecule has 0 spiro atoms. The molecule has 3 rings (SSSR count). The van der Waals surface area contributed by atoms with Crippen LogP contribution in [0.25, 0.3) is 11.4 Å². The van der Waals surface area contributed by atoms with Crippen LogP contribution in [0.2, 0.25) is 0 Å². The number of benzene rings is 1. The van der Waals surface area contributed by atoms with Gasteiger partial charge >= 0.3 is 0 Å². The van der Waals surface area contributed by atoms with Gasteiger partial charge in [0.15, 0.2) is 0 Å². The van der Waals surface area contributed by atoms with Gasteiger partial charge in [0.05, 0.1) is 11.3 Å². The molecule has 124 valence electrons. The van der Waals surface area contributed by atoms with Crippen LogP contribution in [0.3, 0.4) is 0 Å². The molecule has 1 aromatic carbocycles. The van der Waals surface area contributed by atoms with Crippen molar-refractivity contribution in [3.05, 3.63) is 54.1 Å². The van der Waals surface area contributed by atoms with Gasteiger partial charge in [0.2, 0.25) is 5.95 Å². The molecule has 0 aliphatic heterocycles. The zero-order valence-corrected chi connectivity index (χ0v) is 14.0.